The second-order valence-corrected chi connectivity index (χ2v) is 7.12. The maximum absolute atomic E-state index is 12.8. The maximum Gasteiger partial charge on any atom is 0.251 e. The highest BCUT2D eigenvalue weighted by Gasteiger charge is 2.26. The summed E-state index contributed by atoms with van der Waals surface area (Å²) in [6.07, 6.45) is 0.464. The normalized spacial score (nSPS) is 11.7. The van der Waals surface area contributed by atoms with Gasteiger partial charge in [-0.2, -0.15) is 0 Å². The Balaban J connectivity index is 1.87. The first-order valence-electron chi connectivity index (χ1n) is 9.77. The summed E-state index contributed by atoms with van der Waals surface area (Å²) in [5.41, 5.74) is 3.84. The van der Waals surface area contributed by atoms with Gasteiger partial charge in [-0.15, -0.1) is 0 Å². The Hall–Kier alpha value is -3.40. The average Bonchev–Trinajstić information content (AvgIpc) is 2.77. The second-order valence-electron chi connectivity index (χ2n) is 7.12. The van der Waals surface area contributed by atoms with Crippen LogP contribution in [0.1, 0.15) is 39.4 Å². The smallest absolute Gasteiger partial charge is 0.251 e. The van der Waals surface area contributed by atoms with Crippen molar-refractivity contribution >= 4 is 11.8 Å². The van der Waals surface area contributed by atoms with Crippen molar-refractivity contribution in [3.63, 3.8) is 0 Å². The number of amides is 2. The van der Waals surface area contributed by atoms with Gasteiger partial charge in [0.15, 0.2) is 0 Å². The van der Waals surface area contributed by atoms with E-state index < -0.39 is 6.04 Å². The topological polar surface area (TPSA) is 58.2 Å². The number of nitrogens with one attached hydrogen (secondary N) is 2. The molecule has 2 N–H and O–H groups in total. The zero-order valence-corrected chi connectivity index (χ0v) is 16.8. The molecule has 3 aromatic carbocycles. The minimum atomic E-state index is -0.654. The van der Waals surface area contributed by atoms with Crippen molar-refractivity contribution < 1.29 is 9.59 Å². The fourth-order valence-corrected chi connectivity index (χ4v) is 3.42. The van der Waals surface area contributed by atoms with Crippen LogP contribution in [0.4, 0.5) is 0 Å². The van der Waals surface area contributed by atoms with Crippen molar-refractivity contribution in [3.8, 4) is 0 Å². The molecule has 0 bridgehead atoms. The molecule has 0 aromatic heterocycles. The molecule has 1 unspecified atom stereocenters. The molecule has 0 fully saturated rings. The van der Waals surface area contributed by atoms with Gasteiger partial charge < -0.3 is 10.6 Å². The molecule has 29 heavy (non-hydrogen) atoms. The molecule has 4 nitrogen and oxygen atoms in total. The van der Waals surface area contributed by atoms with Crippen LogP contribution in [0, 0.1) is 6.92 Å². The third-order valence-electron chi connectivity index (χ3n) is 5.06. The van der Waals surface area contributed by atoms with Crippen molar-refractivity contribution in [2.75, 3.05) is 7.05 Å². The minimum Gasteiger partial charge on any atom is -0.357 e. The lowest BCUT2D eigenvalue weighted by Crippen LogP contribution is -2.46. The molecular formula is C25H26N2O2. The quantitative estimate of drug-likeness (QED) is 0.643. The van der Waals surface area contributed by atoms with Crippen LogP contribution in [-0.4, -0.2) is 24.9 Å². The highest BCUT2D eigenvalue weighted by atomic mass is 16.2. The molecule has 148 valence electrons. The predicted octanol–water partition coefficient (Wildman–Crippen LogP) is 4.06. The Labute approximate surface area is 172 Å². The van der Waals surface area contributed by atoms with E-state index in [0.717, 1.165) is 16.7 Å². The molecule has 3 aromatic rings. The molecule has 0 spiro atoms. The fourth-order valence-electron chi connectivity index (χ4n) is 3.42. The van der Waals surface area contributed by atoms with E-state index in [2.05, 4.69) is 34.9 Å². The first-order valence-corrected chi connectivity index (χ1v) is 9.77. The summed E-state index contributed by atoms with van der Waals surface area (Å²) in [6.45, 7) is 1.97. The zero-order valence-electron chi connectivity index (χ0n) is 16.8. The molecule has 0 radical (unpaired) electrons. The van der Waals surface area contributed by atoms with Gasteiger partial charge in [-0.05, 0) is 36.6 Å². The second kappa shape index (κ2) is 9.69. The average molecular weight is 386 g/mol. The highest BCUT2D eigenvalue weighted by Crippen LogP contribution is 2.29. The zero-order chi connectivity index (χ0) is 20.6. The molecule has 4 heteroatoms. The van der Waals surface area contributed by atoms with Crippen LogP contribution in [0.5, 0.6) is 0 Å². The molecule has 2 amide bonds. The van der Waals surface area contributed by atoms with Gasteiger partial charge in [-0.25, -0.2) is 0 Å². The van der Waals surface area contributed by atoms with Gasteiger partial charge in [0.25, 0.3) is 5.91 Å². The number of benzene rings is 3. The summed E-state index contributed by atoms with van der Waals surface area (Å²) in [4.78, 5) is 25.4. The van der Waals surface area contributed by atoms with Crippen LogP contribution in [0.3, 0.4) is 0 Å². The fraction of sp³-hybridized carbons (Fsp3) is 0.200. The summed E-state index contributed by atoms with van der Waals surface area (Å²) >= 11 is 0. The summed E-state index contributed by atoms with van der Waals surface area (Å²) in [6, 6.07) is 26.8. The number of carbonyl (C=O) groups is 2. The van der Waals surface area contributed by atoms with E-state index >= 15 is 0 Å². The van der Waals surface area contributed by atoms with Crippen LogP contribution >= 0.6 is 0 Å². The largest absolute Gasteiger partial charge is 0.357 e. The van der Waals surface area contributed by atoms with Crippen LogP contribution in [0.2, 0.25) is 0 Å². The van der Waals surface area contributed by atoms with Gasteiger partial charge in [-0.1, -0.05) is 78.4 Å². The van der Waals surface area contributed by atoms with Crippen molar-refractivity contribution in [3.05, 3.63) is 107 Å². The minimum absolute atomic E-state index is 0.0157. The first-order chi connectivity index (χ1) is 14.1. The van der Waals surface area contributed by atoms with Gasteiger partial charge in [0.05, 0.1) is 0 Å². The number of likely N-dealkylation sites (N-methyl/N-ethyl adjacent to an activating group) is 1. The molecule has 1 atom stereocenters. The Morgan fingerprint density at radius 3 is 1.79 bits per heavy atom. The summed E-state index contributed by atoms with van der Waals surface area (Å²) in [5.74, 6) is -0.473. The van der Waals surface area contributed by atoms with Crippen molar-refractivity contribution in [2.24, 2.45) is 0 Å². The molecule has 3 rings (SSSR count). The number of hydrogen-bond donors (Lipinski definition) is 2. The predicted molar refractivity (Wildman–Crippen MR) is 116 cm³/mol. The maximum atomic E-state index is 12.8. The Morgan fingerprint density at radius 1 is 0.793 bits per heavy atom. The monoisotopic (exact) mass is 386 g/mol. The molecule has 0 aliphatic heterocycles. The van der Waals surface area contributed by atoms with Crippen LogP contribution in [-0.2, 0) is 4.79 Å². The van der Waals surface area contributed by atoms with Crippen LogP contribution in [0.25, 0.3) is 0 Å². The van der Waals surface area contributed by atoms with E-state index in [1.807, 2.05) is 55.5 Å². The molecule has 0 aliphatic rings. The van der Waals surface area contributed by atoms with E-state index in [0.29, 0.717) is 12.0 Å². The molecular weight excluding hydrogens is 360 g/mol. The summed E-state index contributed by atoms with van der Waals surface area (Å²) in [7, 11) is 1.59. The Bertz CT molecular complexity index is 898. The van der Waals surface area contributed by atoms with E-state index in [-0.39, 0.29) is 17.7 Å². The third-order valence-corrected chi connectivity index (χ3v) is 5.06. The van der Waals surface area contributed by atoms with Crippen molar-refractivity contribution in [1.82, 2.24) is 10.6 Å². The number of aryl methyl sites for hydroxylation is 1. The number of carbonyl (C=O) groups excluding carboxylic acids is 2. The Morgan fingerprint density at radius 2 is 1.31 bits per heavy atom. The highest BCUT2D eigenvalue weighted by molar-refractivity contribution is 5.97. The van der Waals surface area contributed by atoms with Gasteiger partial charge in [-0.3, -0.25) is 9.59 Å². The number of hydrogen-bond acceptors (Lipinski definition) is 2. The lowest BCUT2D eigenvalue weighted by atomic mass is 9.85. The van der Waals surface area contributed by atoms with E-state index in [1.54, 1.807) is 19.2 Å². The standard InChI is InChI=1S/C25H26N2O2/c1-18-13-15-21(16-14-18)24(28)27-23(25(29)26-2)17-22(19-9-5-3-6-10-19)20-11-7-4-8-12-20/h3-16,22-23H,17H2,1-2H3,(H,26,29)(H,27,28). The lowest BCUT2D eigenvalue weighted by molar-refractivity contribution is -0.122. The van der Waals surface area contributed by atoms with Crippen LogP contribution < -0.4 is 10.6 Å². The third kappa shape index (κ3) is 5.32. The Kier molecular flexibility index (Phi) is 6.80. The molecule has 0 heterocycles. The molecule has 0 saturated carbocycles. The van der Waals surface area contributed by atoms with E-state index in [9.17, 15) is 9.59 Å². The molecule has 0 aliphatic carbocycles. The van der Waals surface area contributed by atoms with E-state index in [1.165, 1.54) is 0 Å². The molecule has 0 saturated heterocycles. The van der Waals surface area contributed by atoms with Crippen molar-refractivity contribution in [2.45, 2.75) is 25.3 Å². The SMILES string of the molecule is CNC(=O)C(CC(c1ccccc1)c1ccccc1)NC(=O)c1ccc(C)cc1. The van der Waals surface area contributed by atoms with E-state index in [4.69, 9.17) is 0 Å². The summed E-state index contributed by atoms with van der Waals surface area (Å²) < 4.78 is 0. The van der Waals surface area contributed by atoms with Gasteiger partial charge in [0.2, 0.25) is 5.91 Å². The first kappa shape index (κ1) is 20.3. The van der Waals surface area contributed by atoms with Crippen LogP contribution in [0.15, 0.2) is 84.9 Å². The van der Waals surface area contributed by atoms with Crippen molar-refractivity contribution in [1.29, 1.82) is 0 Å². The van der Waals surface area contributed by atoms with Gasteiger partial charge in [0, 0.05) is 18.5 Å². The lowest BCUT2D eigenvalue weighted by Gasteiger charge is -2.24. The van der Waals surface area contributed by atoms with Gasteiger partial charge >= 0.3 is 0 Å². The van der Waals surface area contributed by atoms with Gasteiger partial charge in [0.1, 0.15) is 6.04 Å². The summed E-state index contributed by atoms with van der Waals surface area (Å²) in [5, 5.41) is 5.61. The number of rotatable bonds is 7.